The van der Waals surface area contributed by atoms with Gasteiger partial charge < -0.3 is 15.0 Å². The lowest BCUT2D eigenvalue weighted by Crippen LogP contribution is -2.46. The normalized spacial score (nSPS) is 16.4. The van der Waals surface area contributed by atoms with Crippen molar-refractivity contribution < 1.29 is 31.5 Å². The van der Waals surface area contributed by atoms with Crippen molar-refractivity contribution in [2.24, 2.45) is 5.92 Å². The molecule has 0 aromatic heterocycles. The zero-order chi connectivity index (χ0) is 24.7. The Morgan fingerprint density at radius 1 is 1.12 bits per heavy atom. The molecule has 0 aliphatic carbocycles. The Bertz CT molecular complexity index is 1110. The number of ether oxygens (including phenoxy) is 1. The Morgan fingerprint density at radius 3 is 2.53 bits per heavy atom. The number of hydrogen-bond donors (Lipinski definition) is 2. The number of carbonyl (C=O) groups excluding carboxylic acids is 2. The molecular formula is C23H27F2N3O5S. The van der Waals surface area contributed by atoms with E-state index in [1.54, 1.807) is 18.2 Å². The summed E-state index contributed by atoms with van der Waals surface area (Å²) in [6, 6.07) is 12.2. The van der Waals surface area contributed by atoms with Gasteiger partial charge in [0.2, 0.25) is 15.9 Å². The van der Waals surface area contributed by atoms with E-state index in [1.165, 1.54) is 35.2 Å². The number of sulfonamides is 1. The van der Waals surface area contributed by atoms with Crippen molar-refractivity contribution in [1.82, 2.24) is 14.9 Å². The van der Waals surface area contributed by atoms with Crippen molar-refractivity contribution in [2.45, 2.75) is 31.3 Å². The second kappa shape index (κ2) is 11.4. The minimum absolute atomic E-state index is 0.00868. The van der Waals surface area contributed by atoms with Crippen LogP contribution in [-0.4, -0.2) is 57.9 Å². The smallest absolute Gasteiger partial charge is 0.387 e. The van der Waals surface area contributed by atoms with Gasteiger partial charge in [0.25, 0.3) is 5.91 Å². The molecule has 1 fully saturated rings. The van der Waals surface area contributed by atoms with Crippen molar-refractivity contribution >= 4 is 21.8 Å². The molecule has 184 valence electrons. The molecule has 1 heterocycles. The molecule has 1 aliphatic heterocycles. The van der Waals surface area contributed by atoms with Gasteiger partial charge in [-0.25, -0.2) is 13.1 Å². The fraction of sp³-hybridized carbons (Fsp3) is 0.391. The molecule has 11 heteroatoms. The lowest BCUT2D eigenvalue weighted by atomic mass is 9.96. The summed E-state index contributed by atoms with van der Waals surface area (Å²) in [4.78, 5) is 27.1. The highest BCUT2D eigenvalue weighted by molar-refractivity contribution is 7.89. The molecule has 2 N–H and O–H groups in total. The summed E-state index contributed by atoms with van der Waals surface area (Å²) in [6.07, 6.45) is 1.13. The summed E-state index contributed by atoms with van der Waals surface area (Å²) in [5.41, 5.74) is 0.950. The highest BCUT2D eigenvalue weighted by Gasteiger charge is 2.30. The second-order valence-corrected chi connectivity index (χ2v) is 9.73. The number of nitrogens with one attached hydrogen (secondary N) is 2. The Balaban J connectivity index is 1.52. The zero-order valence-electron chi connectivity index (χ0n) is 18.7. The maximum atomic E-state index is 12.9. The molecule has 1 aliphatic rings. The van der Waals surface area contributed by atoms with Gasteiger partial charge in [-0.05, 0) is 44.0 Å². The largest absolute Gasteiger partial charge is 0.434 e. The molecular weight excluding hydrogens is 468 g/mol. The van der Waals surface area contributed by atoms with Crippen LogP contribution < -0.4 is 14.8 Å². The topological polar surface area (TPSA) is 105 Å². The van der Waals surface area contributed by atoms with Crippen LogP contribution in [0.25, 0.3) is 0 Å². The van der Waals surface area contributed by atoms with Crippen molar-refractivity contribution in [1.29, 1.82) is 0 Å². The molecule has 8 nitrogen and oxygen atoms in total. The molecule has 1 atom stereocenters. The van der Waals surface area contributed by atoms with Crippen LogP contribution >= 0.6 is 0 Å². The first-order chi connectivity index (χ1) is 16.2. The average Bonchev–Trinajstić information content (AvgIpc) is 2.81. The summed E-state index contributed by atoms with van der Waals surface area (Å²) in [5.74, 6) is -1.49. The number of halogens is 2. The molecule has 0 saturated carbocycles. The summed E-state index contributed by atoms with van der Waals surface area (Å²) >= 11 is 0. The molecule has 2 amide bonds. The highest BCUT2D eigenvalue weighted by atomic mass is 32.2. The number of para-hydroxylation sites is 1. The Labute approximate surface area is 197 Å². The lowest BCUT2D eigenvalue weighted by Gasteiger charge is -2.32. The SMILES string of the molecule is Cc1ccc(S(=O)(=O)NCCNC(=O)C2CCCN(C(=O)c3ccccc3OC(F)F)C2)cc1. The molecule has 2 aromatic carbocycles. The molecule has 1 saturated heterocycles. The van der Waals surface area contributed by atoms with Gasteiger partial charge in [-0.1, -0.05) is 29.8 Å². The van der Waals surface area contributed by atoms with Crippen molar-refractivity contribution in [3.8, 4) is 5.75 Å². The first-order valence-corrected chi connectivity index (χ1v) is 12.3. The number of aryl methyl sites for hydroxylation is 1. The number of rotatable bonds is 9. The van der Waals surface area contributed by atoms with Gasteiger partial charge in [-0.3, -0.25) is 9.59 Å². The second-order valence-electron chi connectivity index (χ2n) is 7.97. The fourth-order valence-corrected chi connectivity index (χ4v) is 4.74. The minimum atomic E-state index is -3.68. The predicted molar refractivity (Wildman–Crippen MR) is 121 cm³/mol. The van der Waals surface area contributed by atoms with Crippen LogP contribution in [-0.2, 0) is 14.8 Å². The van der Waals surface area contributed by atoms with E-state index in [0.29, 0.717) is 19.4 Å². The van der Waals surface area contributed by atoms with E-state index in [9.17, 15) is 26.8 Å². The van der Waals surface area contributed by atoms with E-state index in [4.69, 9.17) is 0 Å². The number of amides is 2. The van der Waals surface area contributed by atoms with Crippen LogP contribution in [0.15, 0.2) is 53.4 Å². The summed E-state index contributed by atoms with van der Waals surface area (Å²) < 4.78 is 56.8. The van der Waals surface area contributed by atoms with Crippen LogP contribution in [0, 0.1) is 12.8 Å². The monoisotopic (exact) mass is 495 g/mol. The number of alkyl halides is 2. The van der Waals surface area contributed by atoms with Crippen molar-refractivity contribution in [2.75, 3.05) is 26.2 Å². The van der Waals surface area contributed by atoms with E-state index >= 15 is 0 Å². The quantitative estimate of drug-likeness (QED) is 0.521. The van der Waals surface area contributed by atoms with E-state index in [0.717, 1.165) is 5.56 Å². The molecule has 0 bridgehead atoms. The number of benzene rings is 2. The van der Waals surface area contributed by atoms with Crippen molar-refractivity contribution in [3.63, 3.8) is 0 Å². The molecule has 0 spiro atoms. The minimum Gasteiger partial charge on any atom is -0.434 e. The average molecular weight is 496 g/mol. The Morgan fingerprint density at radius 2 is 1.82 bits per heavy atom. The molecule has 34 heavy (non-hydrogen) atoms. The summed E-state index contributed by atoms with van der Waals surface area (Å²) in [7, 11) is -3.68. The first-order valence-electron chi connectivity index (χ1n) is 10.8. The van der Waals surface area contributed by atoms with E-state index in [-0.39, 0.29) is 41.7 Å². The van der Waals surface area contributed by atoms with Gasteiger partial charge in [-0.15, -0.1) is 0 Å². The van der Waals surface area contributed by atoms with Gasteiger partial charge in [0.05, 0.1) is 16.4 Å². The standard InChI is InChI=1S/C23H27F2N3O5S/c1-16-8-10-18(11-9-16)34(31,32)27-13-12-26-21(29)17-5-4-14-28(15-17)22(30)19-6-2-3-7-20(19)33-23(24)25/h2-3,6-11,17,23,27H,4-5,12-15H2,1H3,(H,26,29). The third-order valence-corrected chi connectivity index (χ3v) is 6.94. The Kier molecular flexibility index (Phi) is 8.56. The van der Waals surface area contributed by atoms with Gasteiger partial charge in [-0.2, -0.15) is 8.78 Å². The summed E-state index contributed by atoms with van der Waals surface area (Å²) in [5, 5.41) is 2.69. The predicted octanol–water partition coefficient (Wildman–Crippen LogP) is 2.54. The first kappa shape index (κ1) is 25.6. The maximum Gasteiger partial charge on any atom is 0.387 e. The van der Waals surface area contributed by atoms with Gasteiger partial charge in [0, 0.05) is 26.2 Å². The lowest BCUT2D eigenvalue weighted by molar-refractivity contribution is -0.126. The van der Waals surface area contributed by atoms with Crippen LogP contribution in [0.5, 0.6) is 5.75 Å². The van der Waals surface area contributed by atoms with Crippen LogP contribution in [0.2, 0.25) is 0 Å². The van der Waals surface area contributed by atoms with Gasteiger partial charge in [0.15, 0.2) is 0 Å². The van der Waals surface area contributed by atoms with Crippen LogP contribution in [0.1, 0.15) is 28.8 Å². The fourth-order valence-electron chi connectivity index (χ4n) is 3.70. The molecule has 3 rings (SSSR count). The maximum absolute atomic E-state index is 12.9. The number of nitrogens with zero attached hydrogens (tertiary/aromatic N) is 1. The van der Waals surface area contributed by atoms with Crippen LogP contribution in [0.4, 0.5) is 8.78 Å². The number of piperidine rings is 1. The van der Waals surface area contributed by atoms with E-state index < -0.39 is 28.5 Å². The highest BCUT2D eigenvalue weighted by Crippen LogP contribution is 2.25. The number of likely N-dealkylation sites (tertiary alicyclic amines) is 1. The van der Waals surface area contributed by atoms with Crippen molar-refractivity contribution in [3.05, 3.63) is 59.7 Å². The molecule has 2 aromatic rings. The number of carbonyl (C=O) groups is 2. The van der Waals surface area contributed by atoms with E-state index in [2.05, 4.69) is 14.8 Å². The third-order valence-electron chi connectivity index (χ3n) is 5.46. The third kappa shape index (κ3) is 6.73. The van der Waals surface area contributed by atoms with Crippen LogP contribution in [0.3, 0.4) is 0 Å². The van der Waals surface area contributed by atoms with Gasteiger partial charge >= 0.3 is 6.61 Å². The zero-order valence-corrected chi connectivity index (χ0v) is 19.5. The van der Waals surface area contributed by atoms with Gasteiger partial charge in [0.1, 0.15) is 5.75 Å². The number of hydrogen-bond acceptors (Lipinski definition) is 5. The summed E-state index contributed by atoms with van der Waals surface area (Å²) in [6.45, 7) is -0.591. The molecule has 1 unspecified atom stereocenters. The Hall–Kier alpha value is -3.05. The molecule has 0 radical (unpaired) electrons. The van der Waals surface area contributed by atoms with E-state index in [1.807, 2.05) is 6.92 Å².